The van der Waals surface area contributed by atoms with Crippen molar-refractivity contribution in [3.05, 3.63) is 23.8 Å². The van der Waals surface area contributed by atoms with Gasteiger partial charge in [0.1, 0.15) is 0 Å². The van der Waals surface area contributed by atoms with Crippen LogP contribution in [0, 0.1) is 0 Å². The zero-order chi connectivity index (χ0) is 10.0. The van der Waals surface area contributed by atoms with Crippen molar-refractivity contribution in [1.82, 2.24) is 0 Å². The van der Waals surface area contributed by atoms with Crippen molar-refractivity contribution >= 4 is 5.97 Å². The van der Waals surface area contributed by atoms with E-state index in [1.165, 1.54) is 6.07 Å². The summed E-state index contributed by atoms with van der Waals surface area (Å²) in [6, 6.07) is 3.32. The second-order valence-corrected chi connectivity index (χ2v) is 2.49. The minimum Gasteiger partial charge on any atom is -1.00 e. The molecule has 0 radical (unpaired) electrons. The van der Waals surface area contributed by atoms with Gasteiger partial charge in [0.2, 0.25) is 0 Å². The molecule has 0 aliphatic rings. The van der Waals surface area contributed by atoms with Gasteiger partial charge in [0.15, 0.2) is 17.6 Å². The van der Waals surface area contributed by atoms with Gasteiger partial charge in [-0.3, -0.25) is 0 Å². The van der Waals surface area contributed by atoms with Crippen LogP contribution in [-0.2, 0) is 4.79 Å². The number of hydrogen-bond donors (Lipinski definition) is 4. The van der Waals surface area contributed by atoms with E-state index in [0.717, 1.165) is 12.1 Å². The standard InChI is InChI=1S/C8H8O5.Na.H/c9-5-2-1-4(3-6(5)10)7(11)8(12)13;;/h1-3,7,9-11H,(H,12,13);;/q;+1;-1/t7-;;/m1../s1. The quantitative estimate of drug-likeness (QED) is 0.314. The smallest absolute Gasteiger partial charge is 1.00 e. The molecule has 0 saturated heterocycles. The van der Waals surface area contributed by atoms with Gasteiger partial charge in [-0.2, -0.15) is 0 Å². The van der Waals surface area contributed by atoms with Crippen LogP contribution in [0.3, 0.4) is 0 Å². The largest absolute Gasteiger partial charge is 1.00 e. The summed E-state index contributed by atoms with van der Waals surface area (Å²) in [5.74, 6) is -2.23. The Morgan fingerprint density at radius 3 is 2.29 bits per heavy atom. The van der Waals surface area contributed by atoms with Gasteiger partial charge in [0.25, 0.3) is 0 Å². The average molecular weight is 208 g/mol. The summed E-state index contributed by atoms with van der Waals surface area (Å²) in [5.41, 5.74) is 0.0165. The third-order valence-corrected chi connectivity index (χ3v) is 1.55. The molecular weight excluding hydrogens is 199 g/mol. The molecule has 0 amide bonds. The maximum Gasteiger partial charge on any atom is 1.00 e. The van der Waals surface area contributed by atoms with E-state index < -0.39 is 17.8 Å². The molecule has 6 heteroatoms. The molecule has 4 N–H and O–H groups in total. The number of rotatable bonds is 2. The summed E-state index contributed by atoms with van der Waals surface area (Å²) < 4.78 is 0. The Hall–Kier alpha value is -0.750. The van der Waals surface area contributed by atoms with Crippen LogP contribution in [0.2, 0.25) is 0 Å². The first kappa shape index (κ1) is 13.2. The number of carboxylic acids is 1. The number of aromatic hydroxyl groups is 2. The minimum atomic E-state index is -1.69. The number of aliphatic hydroxyl groups is 1. The van der Waals surface area contributed by atoms with E-state index >= 15 is 0 Å². The molecule has 0 saturated carbocycles. The van der Waals surface area contributed by atoms with Crippen molar-refractivity contribution in [2.75, 3.05) is 0 Å². The van der Waals surface area contributed by atoms with Crippen LogP contribution in [0.25, 0.3) is 0 Å². The first-order valence-corrected chi connectivity index (χ1v) is 3.45. The van der Waals surface area contributed by atoms with Crippen molar-refractivity contribution in [3.63, 3.8) is 0 Å². The van der Waals surface area contributed by atoms with Gasteiger partial charge in [0.05, 0.1) is 0 Å². The Morgan fingerprint density at radius 2 is 1.86 bits per heavy atom. The summed E-state index contributed by atoms with van der Waals surface area (Å²) in [6.07, 6.45) is -1.69. The number of aliphatic hydroxyl groups excluding tert-OH is 1. The van der Waals surface area contributed by atoms with Crippen LogP contribution in [0.15, 0.2) is 18.2 Å². The molecule has 14 heavy (non-hydrogen) atoms. The molecule has 1 rings (SSSR count). The first-order chi connectivity index (χ1) is 6.02. The average Bonchev–Trinajstić information content (AvgIpc) is 2.08. The summed E-state index contributed by atoms with van der Waals surface area (Å²) in [7, 11) is 0. The van der Waals surface area contributed by atoms with E-state index in [1.54, 1.807) is 0 Å². The van der Waals surface area contributed by atoms with Crippen molar-refractivity contribution in [2.24, 2.45) is 0 Å². The molecule has 0 aliphatic heterocycles. The van der Waals surface area contributed by atoms with Crippen molar-refractivity contribution in [2.45, 2.75) is 6.10 Å². The molecule has 0 spiro atoms. The number of carboxylic acid groups (broad SMARTS) is 1. The summed E-state index contributed by atoms with van der Waals surface area (Å²) in [4.78, 5) is 10.3. The van der Waals surface area contributed by atoms with E-state index in [1.807, 2.05) is 0 Å². The van der Waals surface area contributed by atoms with Gasteiger partial charge in [-0.1, -0.05) is 6.07 Å². The maximum absolute atomic E-state index is 10.3. The van der Waals surface area contributed by atoms with Crippen LogP contribution in [0.1, 0.15) is 13.1 Å². The Morgan fingerprint density at radius 1 is 1.29 bits per heavy atom. The third-order valence-electron chi connectivity index (χ3n) is 1.55. The molecule has 1 aromatic carbocycles. The molecular formula is C8H9NaO5. The summed E-state index contributed by atoms with van der Waals surface area (Å²) >= 11 is 0. The number of aliphatic carboxylic acids is 1. The topological polar surface area (TPSA) is 98.0 Å². The van der Waals surface area contributed by atoms with Crippen molar-refractivity contribution < 1.29 is 56.2 Å². The zero-order valence-corrected chi connectivity index (χ0v) is 9.51. The molecule has 1 aromatic rings. The van der Waals surface area contributed by atoms with E-state index in [2.05, 4.69) is 0 Å². The normalized spacial score (nSPS) is 11.5. The van der Waals surface area contributed by atoms with Gasteiger partial charge in [-0.15, -0.1) is 0 Å². The second-order valence-electron chi connectivity index (χ2n) is 2.49. The van der Waals surface area contributed by atoms with Gasteiger partial charge in [0, 0.05) is 0 Å². The second kappa shape index (κ2) is 5.21. The number of hydrogen-bond acceptors (Lipinski definition) is 4. The first-order valence-electron chi connectivity index (χ1n) is 3.45. The van der Waals surface area contributed by atoms with Crippen LogP contribution < -0.4 is 29.6 Å². The molecule has 0 aliphatic carbocycles. The summed E-state index contributed by atoms with van der Waals surface area (Å²) in [6.45, 7) is 0. The molecule has 0 fully saturated rings. The molecule has 72 valence electrons. The zero-order valence-electron chi connectivity index (χ0n) is 8.51. The van der Waals surface area contributed by atoms with E-state index in [4.69, 9.17) is 20.4 Å². The molecule has 0 heterocycles. The fraction of sp³-hybridized carbons (Fsp3) is 0.125. The molecule has 0 unspecified atom stereocenters. The van der Waals surface area contributed by atoms with Gasteiger partial charge in [-0.05, 0) is 17.7 Å². The number of carbonyl (C=O) groups is 1. The predicted octanol–water partition coefficient (Wildman–Crippen LogP) is -2.67. The minimum absolute atomic E-state index is 0. The molecule has 0 aromatic heterocycles. The van der Waals surface area contributed by atoms with Gasteiger partial charge < -0.3 is 21.9 Å². The number of benzene rings is 1. The SMILES string of the molecule is O=C(O)[C@H](O)c1ccc(O)c(O)c1.[H-].[Na+]. The maximum atomic E-state index is 10.3. The molecule has 0 bridgehead atoms. The van der Waals surface area contributed by atoms with E-state index in [9.17, 15) is 4.79 Å². The molecule has 1 atom stereocenters. The Labute approximate surface area is 103 Å². The van der Waals surface area contributed by atoms with Crippen LogP contribution in [0.4, 0.5) is 0 Å². The Bertz CT molecular complexity index is 344. The van der Waals surface area contributed by atoms with Crippen molar-refractivity contribution in [1.29, 1.82) is 0 Å². The third kappa shape index (κ3) is 2.88. The van der Waals surface area contributed by atoms with Crippen LogP contribution in [0.5, 0.6) is 11.5 Å². The monoisotopic (exact) mass is 208 g/mol. The van der Waals surface area contributed by atoms with Gasteiger partial charge in [-0.25, -0.2) is 4.79 Å². The summed E-state index contributed by atoms with van der Waals surface area (Å²) in [5, 5.41) is 35.3. The fourth-order valence-electron chi connectivity index (χ4n) is 0.853. The van der Waals surface area contributed by atoms with E-state index in [-0.39, 0.29) is 42.3 Å². The van der Waals surface area contributed by atoms with Crippen molar-refractivity contribution in [3.8, 4) is 11.5 Å². The predicted molar refractivity (Wildman–Crippen MR) is 43.5 cm³/mol. The van der Waals surface area contributed by atoms with E-state index in [0.29, 0.717) is 0 Å². The number of phenols is 2. The Balaban J connectivity index is 0. The van der Waals surface area contributed by atoms with Gasteiger partial charge >= 0.3 is 35.5 Å². The number of phenolic OH excluding ortho intramolecular Hbond substituents is 2. The van der Waals surface area contributed by atoms with Crippen LogP contribution in [-0.4, -0.2) is 26.4 Å². The van der Waals surface area contributed by atoms with Crippen LogP contribution >= 0.6 is 0 Å². The molecule has 5 nitrogen and oxygen atoms in total. The Kier molecular flexibility index (Phi) is 4.93. The fourth-order valence-corrected chi connectivity index (χ4v) is 0.853.